The summed E-state index contributed by atoms with van der Waals surface area (Å²) in [5, 5.41) is 1.25. The molecule has 2 aromatic heterocycles. The molecule has 0 spiro atoms. The number of alkyl halides is 1. The van der Waals surface area contributed by atoms with Crippen molar-refractivity contribution in [3.8, 4) is 0 Å². The number of likely N-dealkylation sites (tertiary alicyclic amines) is 1. The highest BCUT2D eigenvalue weighted by Crippen LogP contribution is 2.35. The molecule has 1 fully saturated rings. The van der Waals surface area contributed by atoms with Crippen LogP contribution in [0.1, 0.15) is 41.7 Å². The van der Waals surface area contributed by atoms with Crippen molar-refractivity contribution in [2.75, 3.05) is 13.1 Å². The fourth-order valence-corrected chi connectivity index (χ4v) is 4.85. The number of aromatic nitrogens is 2. The van der Waals surface area contributed by atoms with Gasteiger partial charge in [-0.05, 0) is 56.1 Å². The van der Waals surface area contributed by atoms with Crippen molar-refractivity contribution in [3.63, 3.8) is 0 Å². The van der Waals surface area contributed by atoms with E-state index in [-0.39, 0.29) is 11.6 Å². The lowest BCUT2D eigenvalue weighted by Gasteiger charge is -2.31. The third-order valence-corrected chi connectivity index (χ3v) is 7.24. The summed E-state index contributed by atoms with van der Waals surface area (Å²) in [6.07, 6.45) is 4.23. The second-order valence-electron chi connectivity index (χ2n) is 7.81. The number of carbonyl (C=O) groups excluding carboxylic acids is 1. The van der Waals surface area contributed by atoms with E-state index in [0.717, 1.165) is 13.3 Å². The highest BCUT2D eigenvalue weighted by molar-refractivity contribution is 7.91. The second-order valence-corrected chi connectivity index (χ2v) is 9.87. The van der Waals surface area contributed by atoms with Gasteiger partial charge in [-0.1, -0.05) is 18.2 Å². The van der Waals surface area contributed by atoms with Gasteiger partial charge in [-0.15, -0.1) is 0 Å². The van der Waals surface area contributed by atoms with Gasteiger partial charge >= 0.3 is 0 Å². The summed E-state index contributed by atoms with van der Waals surface area (Å²) in [6, 6.07) is 10.7. The van der Waals surface area contributed by atoms with E-state index in [0.29, 0.717) is 24.0 Å². The first kappa shape index (κ1) is 21.4. The zero-order valence-electron chi connectivity index (χ0n) is 16.8. The maximum absolute atomic E-state index is 15.5. The molecule has 1 N–H and O–H groups in total. The van der Waals surface area contributed by atoms with Crippen molar-refractivity contribution in [1.29, 1.82) is 0 Å². The largest absolute Gasteiger partial charge is 0.292 e. The quantitative estimate of drug-likeness (QED) is 0.627. The maximum atomic E-state index is 15.5. The number of sulfonamides is 1. The zero-order valence-corrected chi connectivity index (χ0v) is 17.6. The number of hydrogen-bond acceptors (Lipinski definition) is 5. The monoisotopic (exact) mass is 448 g/mol. The number of nitrogens with one attached hydrogen (secondary N) is 1. The van der Waals surface area contributed by atoms with Gasteiger partial charge in [0.25, 0.3) is 15.9 Å². The fourth-order valence-electron chi connectivity index (χ4n) is 3.95. The van der Waals surface area contributed by atoms with Crippen LogP contribution in [-0.2, 0) is 10.0 Å². The molecule has 1 saturated heterocycles. The fraction of sp³-hybridized carbons (Fsp3) is 0.333. The molecule has 1 aromatic carbocycles. The van der Waals surface area contributed by atoms with Crippen LogP contribution in [-0.4, -0.2) is 46.9 Å². The Labute approximate surface area is 178 Å². The topological polar surface area (TPSA) is 83.8 Å². The van der Waals surface area contributed by atoms with Crippen molar-refractivity contribution >= 4 is 21.4 Å². The number of benzene rings is 1. The lowest BCUT2D eigenvalue weighted by atomic mass is 10.0. The molecular formula is C21H22F2N4O3S. The van der Waals surface area contributed by atoms with Gasteiger partial charge in [0.1, 0.15) is 5.82 Å². The molecule has 4 rings (SSSR count). The Morgan fingerprint density at radius 2 is 2.10 bits per heavy atom. The SMILES string of the molecule is C[C@](F)(CN1CCC[C@@H]1c1cccc(F)c1)S(=O)(=O)NC(=O)c1cnn2ccccc12. The first-order chi connectivity index (χ1) is 14.7. The normalized spacial score (nSPS) is 19.4. The smallest absolute Gasteiger partial charge is 0.271 e. The molecule has 3 aromatic rings. The van der Waals surface area contributed by atoms with E-state index < -0.39 is 33.3 Å². The molecule has 31 heavy (non-hydrogen) atoms. The van der Waals surface area contributed by atoms with Crippen molar-refractivity contribution in [2.24, 2.45) is 0 Å². The Balaban J connectivity index is 1.52. The lowest BCUT2D eigenvalue weighted by molar-refractivity contribution is 0.0976. The summed E-state index contributed by atoms with van der Waals surface area (Å²) < 4.78 is 57.9. The Bertz CT molecular complexity index is 1230. The molecule has 0 aliphatic carbocycles. The summed E-state index contributed by atoms with van der Waals surface area (Å²) in [4.78, 5) is 14.3. The second kappa shape index (κ2) is 8.01. The minimum absolute atomic E-state index is 0.0267. The Morgan fingerprint density at radius 1 is 1.29 bits per heavy atom. The van der Waals surface area contributed by atoms with Gasteiger partial charge in [0.15, 0.2) is 0 Å². The number of halogens is 2. The minimum atomic E-state index is -4.67. The summed E-state index contributed by atoms with van der Waals surface area (Å²) in [6.45, 7) is 0.948. The van der Waals surface area contributed by atoms with Crippen LogP contribution in [0.4, 0.5) is 8.78 Å². The first-order valence-electron chi connectivity index (χ1n) is 9.85. The van der Waals surface area contributed by atoms with Crippen LogP contribution >= 0.6 is 0 Å². The molecule has 0 unspecified atom stereocenters. The van der Waals surface area contributed by atoms with Crippen LogP contribution in [0.2, 0.25) is 0 Å². The molecule has 3 heterocycles. The van der Waals surface area contributed by atoms with Gasteiger partial charge in [0, 0.05) is 18.8 Å². The van der Waals surface area contributed by atoms with Crippen LogP contribution in [0.25, 0.3) is 5.52 Å². The molecule has 10 heteroatoms. The number of fused-ring (bicyclic) bond motifs is 1. The highest BCUT2D eigenvalue weighted by Gasteiger charge is 2.44. The Kier molecular flexibility index (Phi) is 5.52. The van der Waals surface area contributed by atoms with Crippen molar-refractivity contribution in [3.05, 3.63) is 71.8 Å². The average molecular weight is 448 g/mol. The molecule has 1 aliphatic rings. The van der Waals surface area contributed by atoms with Crippen molar-refractivity contribution in [2.45, 2.75) is 30.8 Å². The van der Waals surface area contributed by atoms with Crippen LogP contribution < -0.4 is 4.72 Å². The number of pyridine rings is 1. The van der Waals surface area contributed by atoms with Gasteiger partial charge < -0.3 is 0 Å². The average Bonchev–Trinajstić information content (AvgIpc) is 3.34. The number of rotatable bonds is 6. The molecule has 0 saturated carbocycles. The van der Waals surface area contributed by atoms with Crippen molar-refractivity contribution in [1.82, 2.24) is 19.2 Å². The predicted molar refractivity (Wildman–Crippen MR) is 111 cm³/mol. The molecule has 0 radical (unpaired) electrons. The van der Waals surface area contributed by atoms with Gasteiger partial charge in [-0.25, -0.2) is 26.4 Å². The van der Waals surface area contributed by atoms with E-state index >= 15 is 4.39 Å². The third-order valence-electron chi connectivity index (χ3n) is 5.54. The third kappa shape index (κ3) is 4.17. The van der Waals surface area contributed by atoms with Crippen LogP contribution in [0.3, 0.4) is 0 Å². The summed E-state index contributed by atoms with van der Waals surface area (Å²) >= 11 is 0. The van der Waals surface area contributed by atoms with Crippen LogP contribution in [0, 0.1) is 5.82 Å². The van der Waals surface area contributed by atoms with Crippen LogP contribution in [0.5, 0.6) is 0 Å². The van der Waals surface area contributed by atoms with E-state index in [2.05, 4.69) is 5.10 Å². The van der Waals surface area contributed by atoms with Crippen LogP contribution in [0.15, 0.2) is 54.9 Å². The van der Waals surface area contributed by atoms with Gasteiger partial charge in [0.05, 0.1) is 17.3 Å². The zero-order chi connectivity index (χ0) is 22.2. The number of carbonyl (C=O) groups is 1. The van der Waals surface area contributed by atoms with E-state index in [1.165, 1.54) is 22.8 Å². The molecular weight excluding hydrogens is 426 g/mol. The molecule has 164 valence electrons. The van der Waals surface area contributed by atoms with Gasteiger partial charge in [-0.3, -0.25) is 9.69 Å². The van der Waals surface area contributed by atoms with Gasteiger partial charge in [0.2, 0.25) is 5.00 Å². The predicted octanol–water partition coefficient (Wildman–Crippen LogP) is 3.06. The van der Waals surface area contributed by atoms with E-state index in [1.807, 2.05) is 4.72 Å². The van der Waals surface area contributed by atoms with E-state index in [9.17, 15) is 17.6 Å². The van der Waals surface area contributed by atoms with Gasteiger partial charge in [-0.2, -0.15) is 5.10 Å². The van der Waals surface area contributed by atoms with E-state index in [4.69, 9.17) is 0 Å². The Hall–Kier alpha value is -2.85. The van der Waals surface area contributed by atoms with E-state index in [1.54, 1.807) is 41.4 Å². The number of nitrogens with zero attached hydrogens (tertiary/aromatic N) is 3. The number of hydrogen-bond donors (Lipinski definition) is 1. The summed E-state index contributed by atoms with van der Waals surface area (Å²) in [5.41, 5.74) is 1.10. The molecule has 1 aliphatic heterocycles. The summed E-state index contributed by atoms with van der Waals surface area (Å²) in [7, 11) is -4.67. The first-order valence-corrected chi connectivity index (χ1v) is 11.3. The maximum Gasteiger partial charge on any atom is 0.271 e. The lowest BCUT2D eigenvalue weighted by Crippen LogP contribution is -2.50. The standard InChI is InChI=1S/C21H22F2N4O3S/c1-21(23,14-26-10-5-9-18(26)15-6-4-7-16(22)12-15)31(29,30)25-20(28)17-13-24-27-11-3-2-8-19(17)27/h2-4,6-8,11-13,18H,5,9-10,14H2,1H3,(H,25,28)/t18-,21-/m1/s1. The summed E-state index contributed by atoms with van der Waals surface area (Å²) in [5.74, 6) is -1.35. The molecule has 7 nitrogen and oxygen atoms in total. The number of amides is 1. The molecule has 2 atom stereocenters. The molecule has 0 bridgehead atoms. The highest BCUT2D eigenvalue weighted by atomic mass is 32.2. The molecule has 1 amide bonds. The Morgan fingerprint density at radius 3 is 2.87 bits per heavy atom. The van der Waals surface area contributed by atoms with Crippen molar-refractivity contribution < 1.29 is 22.0 Å². The minimum Gasteiger partial charge on any atom is -0.292 e.